The second-order valence-electron chi connectivity index (χ2n) is 14.6. The van der Waals surface area contributed by atoms with Gasteiger partial charge in [0.05, 0.1) is 28.4 Å². The first-order valence-corrected chi connectivity index (χ1v) is 19.0. The smallest absolute Gasteiger partial charge is 0.408 e. The maximum atomic E-state index is 13.9. The molecule has 2 saturated carbocycles. The van der Waals surface area contributed by atoms with Gasteiger partial charge >= 0.3 is 12.1 Å². The molecule has 278 valence electrons. The van der Waals surface area contributed by atoms with Crippen LogP contribution in [0.3, 0.4) is 0 Å². The molecule has 3 amide bonds. The van der Waals surface area contributed by atoms with E-state index in [4.69, 9.17) is 15.2 Å². The van der Waals surface area contributed by atoms with Crippen LogP contribution in [0.25, 0.3) is 11.0 Å². The summed E-state index contributed by atoms with van der Waals surface area (Å²) >= 11 is 0. The van der Waals surface area contributed by atoms with E-state index in [-0.39, 0.29) is 30.9 Å². The lowest BCUT2D eigenvalue weighted by molar-refractivity contribution is -0.139. The number of ether oxygens (including phenoxy) is 2. The molecule has 0 radical (unpaired) electrons. The molecule has 1 unspecified atom stereocenters. The Labute approximate surface area is 297 Å². The molecule has 5 N–H and O–H groups in total. The van der Waals surface area contributed by atoms with Crippen LogP contribution in [0.2, 0.25) is 0 Å². The van der Waals surface area contributed by atoms with E-state index in [2.05, 4.69) is 20.0 Å². The summed E-state index contributed by atoms with van der Waals surface area (Å²) in [6.07, 6.45) is 10.0. The molecule has 15 nitrogen and oxygen atoms in total. The number of allylic oxidation sites excluding steroid dienone is 1. The summed E-state index contributed by atoms with van der Waals surface area (Å²) in [5.74, 6) is -2.13. The summed E-state index contributed by atoms with van der Waals surface area (Å²) < 4.78 is 38.6. The summed E-state index contributed by atoms with van der Waals surface area (Å²) in [4.78, 5) is 61.9. The van der Waals surface area contributed by atoms with Crippen molar-refractivity contribution >= 4 is 44.9 Å². The Morgan fingerprint density at radius 2 is 1.76 bits per heavy atom. The molecule has 1 aromatic carbocycles. The number of amides is 3. The summed E-state index contributed by atoms with van der Waals surface area (Å²) in [6.45, 7) is 4.99. The summed E-state index contributed by atoms with van der Waals surface area (Å²) in [5, 5.41) is 13.3. The van der Waals surface area contributed by atoms with Crippen molar-refractivity contribution in [3.63, 3.8) is 0 Å². The number of benzene rings is 1. The van der Waals surface area contributed by atoms with Crippen LogP contribution < -0.4 is 15.8 Å². The van der Waals surface area contributed by atoms with Gasteiger partial charge in [-0.25, -0.2) is 18.0 Å². The predicted molar refractivity (Wildman–Crippen MR) is 186 cm³/mol. The van der Waals surface area contributed by atoms with Crippen molar-refractivity contribution in [1.82, 2.24) is 24.9 Å². The van der Waals surface area contributed by atoms with Crippen LogP contribution in [0.5, 0.6) is 0 Å². The fraction of sp³-hybridized carbons (Fsp3) is 0.600. The Morgan fingerprint density at radius 3 is 2.41 bits per heavy atom. The number of nitrogens with two attached hydrogens (primary N) is 1. The van der Waals surface area contributed by atoms with Gasteiger partial charge in [0.25, 0.3) is 0 Å². The van der Waals surface area contributed by atoms with Gasteiger partial charge in [-0.3, -0.25) is 19.6 Å². The highest BCUT2D eigenvalue weighted by molar-refractivity contribution is 7.90. The molecule has 2 heterocycles. The third-order valence-electron chi connectivity index (χ3n) is 9.05. The Bertz CT molecular complexity index is 1760. The molecule has 3 aliphatic rings. The lowest BCUT2D eigenvalue weighted by Crippen LogP contribution is -2.53. The van der Waals surface area contributed by atoms with E-state index in [1.807, 2.05) is 0 Å². The first-order valence-electron chi connectivity index (χ1n) is 17.5. The Hall–Kier alpha value is -4.15. The first-order chi connectivity index (χ1) is 24.0. The number of carbonyl (C=O) groups excluding carboxylic acids is 4. The number of alkyl carbamates (subject to hydrolysis) is 1. The van der Waals surface area contributed by atoms with Crippen LogP contribution in [0, 0.1) is 5.92 Å². The standard InChI is InChI=1S/C35H48N6O9S/c1-34(2,3)50-33(45)39-27(9-7-5-4-6-8-16-35(46,23-11-12-23)40-51(47,48)25-13-14-25)31(43)41-21-24(20-29(41)30(36)42)49-32(44)22-10-15-26-28(19-22)38-18-17-37-26/h8,10,15-19,23-25,27,29,40,46H,4-7,9,11-14,20-21H2,1-3H3,(H2,36,42)(H,39,45)/b16-8-/t24-,27+,29+,35?/m1/s1. The van der Waals surface area contributed by atoms with E-state index in [1.165, 1.54) is 17.2 Å². The van der Waals surface area contributed by atoms with Gasteiger partial charge in [0, 0.05) is 24.7 Å². The predicted octanol–water partition coefficient (Wildman–Crippen LogP) is 2.82. The SMILES string of the molecule is CC(C)(C)OC(=O)N[C@@H](CCCCC/C=C\C(O)(NS(=O)(=O)C1CC1)C1CC1)C(=O)N1C[C@H](OC(=O)c2ccc3nccnc3c2)C[C@H]1C(N)=O. The minimum absolute atomic E-state index is 0.00425. The average molecular weight is 729 g/mol. The van der Waals surface area contributed by atoms with Gasteiger partial charge in [0.2, 0.25) is 21.8 Å². The fourth-order valence-corrected chi connectivity index (χ4v) is 7.74. The normalized spacial score (nSPS) is 21.3. The second-order valence-corrected chi connectivity index (χ2v) is 16.6. The molecule has 0 bridgehead atoms. The Balaban J connectivity index is 1.18. The molecule has 0 spiro atoms. The van der Waals surface area contributed by atoms with Crippen LogP contribution in [-0.4, -0.2) is 93.6 Å². The number of fused-ring (bicyclic) bond motifs is 1. The summed E-state index contributed by atoms with van der Waals surface area (Å²) in [7, 11) is -3.58. The first kappa shape index (κ1) is 38.1. The number of aliphatic hydroxyl groups is 1. The van der Waals surface area contributed by atoms with Crippen LogP contribution >= 0.6 is 0 Å². The molecule has 51 heavy (non-hydrogen) atoms. The fourth-order valence-electron chi connectivity index (χ4n) is 6.13. The highest BCUT2D eigenvalue weighted by Gasteiger charge is 2.48. The van der Waals surface area contributed by atoms with Gasteiger partial charge in [-0.05, 0) is 90.0 Å². The van der Waals surface area contributed by atoms with Crippen molar-refractivity contribution in [2.75, 3.05) is 6.54 Å². The van der Waals surface area contributed by atoms with E-state index >= 15 is 0 Å². The maximum Gasteiger partial charge on any atom is 0.408 e. The van der Waals surface area contributed by atoms with Crippen molar-refractivity contribution in [2.45, 2.75) is 120 Å². The Morgan fingerprint density at radius 1 is 1.06 bits per heavy atom. The number of esters is 1. The van der Waals surface area contributed by atoms with E-state index in [1.54, 1.807) is 51.2 Å². The van der Waals surface area contributed by atoms with Gasteiger partial charge in [0.15, 0.2) is 5.72 Å². The molecule has 1 saturated heterocycles. The number of nitrogens with one attached hydrogen (secondary N) is 2. The maximum absolute atomic E-state index is 13.9. The van der Waals surface area contributed by atoms with Crippen LogP contribution in [0.1, 0.15) is 95.3 Å². The summed E-state index contributed by atoms with van der Waals surface area (Å²) in [5.41, 5.74) is 4.62. The lowest BCUT2D eigenvalue weighted by Gasteiger charge is -2.28. The number of hydrogen-bond donors (Lipinski definition) is 4. The number of nitrogens with zero attached hydrogens (tertiary/aromatic N) is 3. The zero-order chi connectivity index (χ0) is 37.0. The number of hydrogen-bond acceptors (Lipinski definition) is 11. The van der Waals surface area contributed by atoms with Gasteiger partial charge in [-0.15, -0.1) is 0 Å². The molecular formula is C35H48N6O9S. The molecule has 3 fully saturated rings. The minimum atomic E-state index is -3.58. The third kappa shape index (κ3) is 10.5. The van der Waals surface area contributed by atoms with Gasteiger partial charge < -0.3 is 30.5 Å². The highest BCUT2D eigenvalue weighted by atomic mass is 32.2. The highest BCUT2D eigenvalue weighted by Crippen LogP contribution is 2.41. The van der Waals surface area contributed by atoms with Crippen LogP contribution in [-0.2, 0) is 29.1 Å². The zero-order valence-corrected chi connectivity index (χ0v) is 30.1. The lowest BCUT2D eigenvalue weighted by atomic mass is 10.0. The monoisotopic (exact) mass is 728 g/mol. The van der Waals surface area contributed by atoms with E-state index in [9.17, 15) is 32.7 Å². The van der Waals surface area contributed by atoms with Gasteiger partial charge in [-0.2, -0.15) is 4.72 Å². The molecule has 16 heteroatoms. The van der Waals surface area contributed by atoms with Crippen molar-refractivity contribution in [2.24, 2.45) is 11.7 Å². The van der Waals surface area contributed by atoms with Gasteiger partial charge in [-0.1, -0.05) is 18.9 Å². The molecule has 2 aliphatic carbocycles. The number of primary amides is 1. The molecule has 1 aliphatic heterocycles. The van der Waals surface area contributed by atoms with Gasteiger partial charge in [0.1, 0.15) is 23.8 Å². The number of aromatic nitrogens is 2. The van der Waals surface area contributed by atoms with E-state index in [0.29, 0.717) is 49.6 Å². The van der Waals surface area contributed by atoms with Crippen molar-refractivity contribution in [3.05, 3.63) is 48.3 Å². The second kappa shape index (κ2) is 15.6. The zero-order valence-electron chi connectivity index (χ0n) is 29.2. The number of likely N-dealkylation sites (tertiary alicyclic amines) is 1. The molecular weight excluding hydrogens is 680 g/mol. The average Bonchev–Trinajstić information content (AvgIpc) is 3.98. The summed E-state index contributed by atoms with van der Waals surface area (Å²) in [6, 6.07) is 2.64. The molecule has 1 aromatic heterocycles. The number of sulfonamides is 1. The van der Waals surface area contributed by atoms with Crippen molar-refractivity contribution in [3.8, 4) is 0 Å². The third-order valence-corrected chi connectivity index (χ3v) is 11.0. The van der Waals surface area contributed by atoms with Crippen LogP contribution in [0.15, 0.2) is 42.7 Å². The molecule has 5 rings (SSSR count). The van der Waals surface area contributed by atoms with E-state index < -0.39 is 68.7 Å². The van der Waals surface area contributed by atoms with E-state index in [0.717, 1.165) is 12.8 Å². The van der Waals surface area contributed by atoms with Crippen molar-refractivity contribution in [1.29, 1.82) is 0 Å². The number of unbranched alkanes of at least 4 members (excludes halogenated alkanes) is 3. The van der Waals surface area contributed by atoms with Crippen molar-refractivity contribution < 1.29 is 42.2 Å². The number of carbonyl (C=O) groups is 4. The molecule has 4 atom stereocenters. The topological polar surface area (TPSA) is 220 Å². The van der Waals surface area contributed by atoms with Crippen LogP contribution in [0.4, 0.5) is 4.79 Å². The minimum Gasteiger partial charge on any atom is -0.457 e. The largest absolute Gasteiger partial charge is 0.457 e. The molecule has 2 aromatic rings. The number of rotatable bonds is 16. The quantitative estimate of drug-likeness (QED) is 0.0852. The Kier molecular flexibility index (Phi) is 11.7.